The summed E-state index contributed by atoms with van der Waals surface area (Å²) in [7, 11) is 0. The van der Waals surface area contributed by atoms with Gasteiger partial charge in [-0.2, -0.15) is 0 Å². The number of nitrogens with two attached hydrogens (primary N) is 1. The minimum absolute atomic E-state index is 0. The van der Waals surface area contributed by atoms with Gasteiger partial charge in [-0.25, -0.2) is 0 Å². The van der Waals surface area contributed by atoms with Crippen LogP contribution in [-0.2, 0) is 9.59 Å². The summed E-state index contributed by atoms with van der Waals surface area (Å²) in [5, 5.41) is 5.96. The smallest absolute Gasteiger partial charge is 0.238 e. The predicted molar refractivity (Wildman–Crippen MR) is 110 cm³/mol. The van der Waals surface area contributed by atoms with Gasteiger partial charge >= 0.3 is 0 Å². The molecule has 2 atom stereocenters. The van der Waals surface area contributed by atoms with Crippen LogP contribution in [0.3, 0.4) is 0 Å². The molecule has 1 aromatic carbocycles. The van der Waals surface area contributed by atoms with E-state index in [0.29, 0.717) is 6.54 Å². The average molecular weight is 405 g/mol. The quantitative estimate of drug-likeness (QED) is 0.676. The molecule has 8 heteroatoms. The number of para-hydroxylation sites is 1. The number of piperidine rings is 1. The van der Waals surface area contributed by atoms with Crippen LogP contribution >= 0.6 is 24.8 Å². The second-order valence-electron chi connectivity index (χ2n) is 6.62. The highest BCUT2D eigenvalue weighted by Gasteiger charge is 2.24. The minimum atomic E-state index is -0.181. The first-order valence-electron chi connectivity index (χ1n) is 8.59. The third-order valence-corrected chi connectivity index (χ3v) is 4.56. The molecule has 0 spiro atoms. The number of nitrogens with zero attached hydrogens (tertiary/aromatic N) is 1. The zero-order valence-electron chi connectivity index (χ0n) is 15.3. The Balaban J connectivity index is 0.00000312. The van der Waals surface area contributed by atoms with Gasteiger partial charge in [-0.1, -0.05) is 25.1 Å². The number of carbonyl (C=O) groups excluding carboxylic acids is 2. The fourth-order valence-electron chi connectivity index (χ4n) is 2.73. The van der Waals surface area contributed by atoms with Gasteiger partial charge in [0.05, 0.1) is 6.54 Å². The molecule has 1 heterocycles. The van der Waals surface area contributed by atoms with Crippen molar-refractivity contribution in [3.63, 3.8) is 0 Å². The van der Waals surface area contributed by atoms with E-state index in [0.717, 1.165) is 31.6 Å². The standard InChI is InChI=1S/C18H28N4O2.2ClH/c1-13(14(2)19)18(24)21-16-8-10-22(11-9-16)12-17(23)20-15-6-4-3-5-7-15;;/h3-7,13-14,16H,8-12,19H2,1-2H3,(H,20,23)(H,21,24);2*1H. The van der Waals surface area contributed by atoms with E-state index in [1.54, 1.807) is 0 Å². The van der Waals surface area contributed by atoms with E-state index in [9.17, 15) is 9.59 Å². The van der Waals surface area contributed by atoms with Crippen molar-refractivity contribution in [3.05, 3.63) is 30.3 Å². The number of anilines is 1. The van der Waals surface area contributed by atoms with Crippen molar-refractivity contribution in [2.45, 2.75) is 38.8 Å². The Kier molecular flexibility index (Phi) is 11.5. The number of hydrogen-bond acceptors (Lipinski definition) is 4. The van der Waals surface area contributed by atoms with E-state index in [1.807, 2.05) is 44.2 Å². The van der Waals surface area contributed by atoms with Crippen molar-refractivity contribution in [2.75, 3.05) is 25.0 Å². The van der Waals surface area contributed by atoms with Gasteiger partial charge in [0.1, 0.15) is 0 Å². The molecule has 2 unspecified atom stereocenters. The highest BCUT2D eigenvalue weighted by molar-refractivity contribution is 5.92. The van der Waals surface area contributed by atoms with Crippen molar-refractivity contribution in [2.24, 2.45) is 11.7 Å². The molecule has 2 amide bonds. The third-order valence-electron chi connectivity index (χ3n) is 4.56. The molecule has 0 radical (unpaired) electrons. The van der Waals surface area contributed by atoms with E-state index in [4.69, 9.17) is 5.73 Å². The topological polar surface area (TPSA) is 87.5 Å². The summed E-state index contributed by atoms with van der Waals surface area (Å²) in [4.78, 5) is 26.2. The number of halogens is 2. The lowest BCUT2D eigenvalue weighted by molar-refractivity contribution is -0.126. The molecule has 0 aromatic heterocycles. The Bertz CT molecular complexity index is 549. The van der Waals surface area contributed by atoms with E-state index >= 15 is 0 Å². The zero-order valence-corrected chi connectivity index (χ0v) is 16.9. The molecule has 0 bridgehead atoms. The number of nitrogens with one attached hydrogen (secondary N) is 2. The van der Waals surface area contributed by atoms with E-state index in [2.05, 4.69) is 15.5 Å². The van der Waals surface area contributed by atoms with Crippen LogP contribution in [-0.4, -0.2) is 48.4 Å². The molecular formula is C18H30Cl2N4O2. The van der Waals surface area contributed by atoms with Gasteiger partial charge in [0.2, 0.25) is 11.8 Å². The molecule has 0 saturated carbocycles. The minimum Gasteiger partial charge on any atom is -0.353 e. The second-order valence-corrected chi connectivity index (χ2v) is 6.62. The molecule has 1 aliphatic rings. The number of benzene rings is 1. The van der Waals surface area contributed by atoms with Crippen LogP contribution in [0.15, 0.2) is 30.3 Å². The lowest BCUT2D eigenvalue weighted by Gasteiger charge is -2.32. The zero-order chi connectivity index (χ0) is 17.5. The first kappa shape index (κ1) is 24.7. The number of rotatable bonds is 6. The molecule has 0 aliphatic carbocycles. The molecule has 6 nitrogen and oxygen atoms in total. The van der Waals surface area contributed by atoms with Gasteiger partial charge in [-0.3, -0.25) is 14.5 Å². The summed E-state index contributed by atoms with van der Waals surface area (Å²) in [5.41, 5.74) is 6.58. The van der Waals surface area contributed by atoms with Gasteiger partial charge in [0.25, 0.3) is 0 Å². The monoisotopic (exact) mass is 404 g/mol. The Morgan fingerprint density at radius 1 is 1.15 bits per heavy atom. The Hall–Kier alpha value is -1.34. The molecule has 26 heavy (non-hydrogen) atoms. The van der Waals surface area contributed by atoms with Crippen molar-refractivity contribution in [3.8, 4) is 0 Å². The van der Waals surface area contributed by atoms with Crippen LogP contribution < -0.4 is 16.4 Å². The van der Waals surface area contributed by atoms with Crippen molar-refractivity contribution in [1.82, 2.24) is 10.2 Å². The normalized spacial score (nSPS) is 17.2. The molecule has 4 N–H and O–H groups in total. The summed E-state index contributed by atoms with van der Waals surface area (Å²) in [6.07, 6.45) is 1.71. The van der Waals surface area contributed by atoms with Crippen LogP contribution in [0.25, 0.3) is 0 Å². The van der Waals surface area contributed by atoms with Gasteiger partial charge in [0.15, 0.2) is 0 Å². The average Bonchev–Trinajstić information content (AvgIpc) is 2.56. The fourth-order valence-corrected chi connectivity index (χ4v) is 2.73. The van der Waals surface area contributed by atoms with Gasteiger partial charge in [-0.05, 0) is 31.9 Å². The lowest BCUT2D eigenvalue weighted by Crippen LogP contribution is -2.49. The van der Waals surface area contributed by atoms with Gasteiger partial charge < -0.3 is 16.4 Å². The van der Waals surface area contributed by atoms with Crippen LogP contribution in [0.5, 0.6) is 0 Å². The first-order valence-corrected chi connectivity index (χ1v) is 8.59. The summed E-state index contributed by atoms with van der Waals surface area (Å²) in [5.74, 6) is -0.167. The molecule has 1 aromatic rings. The Morgan fingerprint density at radius 2 is 1.73 bits per heavy atom. The van der Waals surface area contributed by atoms with Crippen LogP contribution in [0.4, 0.5) is 5.69 Å². The van der Waals surface area contributed by atoms with Crippen LogP contribution in [0.1, 0.15) is 26.7 Å². The number of hydrogen-bond donors (Lipinski definition) is 3. The molecule has 148 valence electrons. The highest BCUT2D eigenvalue weighted by atomic mass is 35.5. The lowest BCUT2D eigenvalue weighted by atomic mass is 10.0. The summed E-state index contributed by atoms with van der Waals surface area (Å²) >= 11 is 0. The van der Waals surface area contributed by atoms with Gasteiger partial charge in [0, 0.05) is 36.8 Å². The number of amides is 2. The highest BCUT2D eigenvalue weighted by Crippen LogP contribution is 2.12. The SMILES string of the molecule is CC(N)C(C)C(=O)NC1CCN(CC(=O)Nc2ccccc2)CC1.Cl.Cl. The van der Waals surface area contributed by atoms with Crippen molar-refractivity contribution >= 4 is 42.3 Å². The molecular weight excluding hydrogens is 375 g/mol. The number of carbonyl (C=O) groups is 2. The Morgan fingerprint density at radius 3 is 2.27 bits per heavy atom. The van der Waals surface area contributed by atoms with E-state index in [1.165, 1.54) is 0 Å². The summed E-state index contributed by atoms with van der Waals surface area (Å²) in [6.45, 7) is 5.69. The van der Waals surface area contributed by atoms with Crippen LogP contribution in [0.2, 0.25) is 0 Å². The summed E-state index contributed by atoms with van der Waals surface area (Å²) in [6, 6.07) is 9.48. The maximum Gasteiger partial charge on any atom is 0.238 e. The number of likely N-dealkylation sites (tertiary alicyclic amines) is 1. The third kappa shape index (κ3) is 7.91. The second kappa shape index (κ2) is 12.1. The molecule has 1 saturated heterocycles. The largest absolute Gasteiger partial charge is 0.353 e. The maximum absolute atomic E-state index is 12.1. The maximum atomic E-state index is 12.1. The van der Waals surface area contributed by atoms with Crippen molar-refractivity contribution < 1.29 is 9.59 Å². The fraction of sp³-hybridized carbons (Fsp3) is 0.556. The Labute approximate surface area is 168 Å². The first-order chi connectivity index (χ1) is 11.5. The van der Waals surface area contributed by atoms with E-state index in [-0.39, 0.29) is 54.6 Å². The predicted octanol–water partition coefficient (Wildman–Crippen LogP) is 2.03. The summed E-state index contributed by atoms with van der Waals surface area (Å²) < 4.78 is 0. The van der Waals surface area contributed by atoms with Gasteiger partial charge in [-0.15, -0.1) is 24.8 Å². The van der Waals surface area contributed by atoms with Crippen molar-refractivity contribution in [1.29, 1.82) is 0 Å². The van der Waals surface area contributed by atoms with E-state index < -0.39 is 0 Å². The molecule has 1 fully saturated rings. The molecule has 1 aliphatic heterocycles. The molecule has 2 rings (SSSR count). The van der Waals surface area contributed by atoms with Crippen LogP contribution in [0, 0.1) is 5.92 Å².